The number of hydrogen-bond acceptors (Lipinski definition) is 3. The molecule has 2 aliphatic rings. The highest BCUT2D eigenvalue weighted by molar-refractivity contribution is 5.78. The summed E-state index contributed by atoms with van der Waals surface area (Å²) in [5.74, 6) is 0.846. The molecule has 0 radical (unpaired) electrons. The molecule has 1 N–H and O–H groups in total. The first-order chi connectivity index (χ1) is 14.3. The molecule has 1 aliphatic carbocycles. The molecule has 1 amide bonds. The number of para-hydroxylation sites is 1. The molecule has 148 valence electrons. The molecule has 1 fully saturated rings. The van der Waals surface area contributed by atoms with Crippen LogP contribution in [0.15, 0.2) is 60.8 Å². The Kier molecular flexibility index (Phi) is 4.58. The largest absolute Gasteiger partial charge is 0.488 e. The zero-order valence-electron chi connectivity index (χ0n) is 16.4. The minimum atomic E-state index is 0.00193. The van der Waals surface area contributed by atoms with Crippen LogP contribution in [-0.2, 0) is 23.4 Å². The predicted octanol–water partition coefficient (Wildman–Crippen LogP) is 4.07. The van der Waals surface area contributed by atoms with Crippen LogP contribution in [0.25, 0.3) is 11.3 Å². The second-order valence-corrected chi connectivity index (χ2v) is 8.09. The molecule has 1 saturated carbocycles. The van der Waals surface area contributed by atoms with Crippen molar-refractivity contribution in [3.05, 3.63) is 71.9 Å². The van der Waals surface area contributed by atoms with E-state index < -0.39 is 0 Å². The molecule has 2 heterocycles. The van der Waals surface area contributed by atoms with E-state index in [1.165, 1.54) is 18.4 Å². The lowest BCUT2D eigenvalue weighted by molar-refractivity contribution is -0.122. The van der Waals surface area contributed by atoms with Crippen molar-refractivity contribution in [2.45, 2.75) is 44.2 Å². The second-order valence-electron chi connectivity index (χ2n) is 8.09. The van der Waals surface area contributed by atoms with Crippen LogP contribution < -0.4 is 10.1 Å². The first kappa shape index (κ1) is 18.0. The minimum Gasteiger partial charge on any atom is -0.488 e. The fourth-order valence-electron chi connectivity index (χ4n) is 4.78. The molecule has 0 unspecified atom stereocenters. The summed E-state index contributed by atoms with van der Waals surface area (Å²) in [7, 11) is 0. The third-order valence-electron chi connectivity index (χ3n) is 6.30. The highest BCUT2D eigenvalue weighted by Crippen LogP contribution is 2.40. The summed E-state index contributed by atoms with van der Waals surface area (Å²) in [6.07, 6.45) is 6.49. The highest BCUT2D eigenvalue weighted by atomic mass is 16.5. The van der Waals surface area contributed by atoms with Gasteiger partial charge in [-0.05, 0) is 30.5 Å². The number of hydrogen-bond donors (Lipinski definition) is 1. The van der Waals surface area contributed by atoms with Crippen molar-refractivity contribution in [3.63, 3.8) is 0 Å². The number of benzene rings is 2. The van der Waals surface area contributed by atoms with E-state index >= 15 is 0 Å². The molecule has 5 heteroatoms. The van der Waals surface area contributed by atoms with Gasteiger partial charge in [0.25, 0.3) is 0 Å². The number of carbonyl (C=O) groups excluding carboxylic acids is 1. The summed E-state index contributed by atoms with van der Waals surface area (Å²) in [6.45, 7) is 1.39. The highest BCUT2D eigenvalue weighted by Gasteiger charge is 2.35. The molecule has 29 heavy (non-hydrogen) atoms. The quantitative estimate of drug-likeness (QED) is 0.718. The zero-order valence-corrected chi connectivity index (χ0v) is 16.4. The molecule has 1 aliphatic heterocycles. The number of ether oxygens (including phenoxy) is 1. The molecule has 0 spiro atoms. The molecule has 0 bridgehead atoms. The number of amides is 1. The lowest BCUT2D eigenvalue weighted by atomic mass is 9.79. The van der Waals surface area contributed by atoms with E-state index in [1.54, 1.807) is 10.9 Å². The first-order valence-corrected chi connectivity index (χ1v) is 10.3. The van der Waals surface area contributed by atoms with Gasteiger partial charge in [-0.2, -0.15) is 5.10 Å². The van der Waals surface area contributed by atoms with Crippen molar-refractivity contribution in [2.75, 3.05) is 6.54 Å². The number of nitrogens with one attached hydrogen (secondary N) is 1. The maximum absolute atomic E-state index is 12.8. The summed E-state index contributed by atoms with van der Waals surface area (Å²) < 4.78 is 7.59. The van der Waals surface area contributed by atoms with E-state index in [-0.39, 0.29) is 17.9 Å². The van der Waals surface area contributed by atoms with Gasteiger partial charge in [-0.3, -0.25) is 9.48 Å². The predicted molar refractivity (Wildman–Crippen MR) is 112 cm³/mol. The molecule has 5 rings (SSSR count). The Balaban J connectivity index is 1.32. The van der Waals surface area contributed by atoms with Crippen molar-refractivity contribution >= 4 is 5.91 Å². The number of nitrogens with zero attached hydrogens (tertiary/aromatic N) is 2. The lowest BCUT2D eigenvalue weighted by Gasteiger charge is -2.30. The number of rotatable bonds is 5. The smallest absolute Gasteiger partial charge is 0.241 e. The van der Waals surface area contributed by atoms with E-state index in [0.29, 0.717) is 13.2 Å². The van der Waals surface area contributed by atoms with Gasteiger partial charge in [0.2, 0.25) is 5.91 Å². The van der Waals surface area contributed by atoms with Gasteiger partial charge < -0.3 is 10.1 Å². The molecule has 5 nitrogen and oxygen atoms in total. The minimum absolute atomic E-state index is 0.00193. The zero-order chi connectivity index (χ0) is 19.7. The van der Waals surface area contributed by atoms with E-state index in [1.807, 2.05) is 30.3 Å². The van der Waals surface area contributed by atoms with Gasteiger partial charge in [0.05, 0.1) is 11.9 Å². The maximum atomic E-state index is 12.8. The number of aromatic nitrogens is 2. The number of fused-ring (bicyclic) bond motifs is 3. The Hall–Kier alpha value is -3.08. The van der Waals surface area contributed by atoms with Crippen LogP contribution in [0.2, 0.25) is 0 Å². The molecular weight excluding hydrogens is 362 g/mol. The average molecular weight is 387 g/mol. The summed E-state index contributed by atoms with van der Waals surface area (Å²) in [5, 5.41) is 7.67. The topological polar surface area (TPSA) is 56.2 Å². The standard InChI is InChI=1S/C24H25N3O2/c28-22(25-17-24(12-6-7-13-24)19-8-2-1-3-9-19)15-27-23-18(14-26-27)16-29-21-11-5-4-10-20(21)23/h1-5,8-11,14H,6-7,12-13,15-17H2,(H,25,28). The van der Waals surface area contributed by atoms with Crippen LogP contribution in [0, 0.1) is 0 Å². The monoisotopic (exact) mass is 387 g/mol. The van der Waals surface area contributed by atoms with E-state index in [4.69, 9.17) is 4.74 Å². The van der Waals surface area contributed by atoms with Gasteiger partial charge in [0.1, 0.15) is 18.9 Å². The third kappa shape index (κ3) is 3.31. The molecule has 0 atom stereocenters. The summed E-state index contributed by atoms with van der Waals surface area (Å²) in [6, 6.07) is 18.5. The fraction of sp³-hybridized carbons (Fsp3) is 0.333. The SMILES string of the molecule is O=C(Cn1ncc2c1-c1ccccc1OC2)NCC1(c2ccccc2)CCCC1. The van der Waals surface area contributed by atoms with Crippen LogP contribution in [0.1, 0.15) is 36.8 Å². The van der Waals surface area contributed by atoms with Gasteiger partial charge in [-0.25, -0.2) is 0 Å². The average Bonchev–Trinajstić information content (AvgIpc) is 3.41. The second kappa shape index (κ2) is 7.39. The number of carbonyl (C=O) groups is 1. The summed E-state index contributed by atoms with van der Waals surface area (Å²) in [5.41, 5.74) is 4.39. The van der Waals surface area contributed by atoms with Crippen molar-refractivity contribution in [1.82, 2.24) is 15.1 Å². The fourth-order valence-corrected chi connectivity index (χ4v) is 4.78. The first-order valence-electron chi connectivity index (χ1n) is 10.3. The molecule has 1 aromatic heterocycles. The molecule has 2 aromatic carbocycles. The lowest BCUT2D eigenvalue weighted by Crippen LogP contribution is -2.40. The van der Waals surface area contributed by atoms with Crippen LogP contribution in [0.3, 0.4) is 0 Å². The van der Waals surface area contributed by atoms with Gasteiger partial charge in [-0.15, -0.1) is 0 Å². The van der Waals surface area contributed by atoms with Crippen molar-refractivity contribution < 1.29 is 9.53 Å². The van der Waals surface area contributed by atoms with Crippen molar-refractivity contribution in [1.29, 1.82) is 0 Å². The van der Waals surface area contributed by atoms with Gasteiger partial charge in [-0.1, -0.05) is 55.3 Å². The van der Waals surface area contributed by atoms with Crippen LogP contribution in [0.4, 0.5) is 0 Å². The van der Waals surface area contributed by atoms with Crippen LogP contribution in [-0.4, -0.2) is 22.2 Å². The Labute approximate surface area is 170 Å². The van der Waals surface area contributed by atoms with Gasteiger partial charge in [0.15, 0.2) is 0 Å². The van der Waals surface area contributed by atoms with Crippen molar-refractivity contribution in [2.24, 2.45) is 0 Å². The van der Waals surface area contributed by atoms with Gasteiger partial charge >= 0.3 is 0 Å². The molecule has 3 aromatic rings. The van der Waals surface area contributed by atoms with E-state index in [9.17, 15) is 4.79 Å². The normalized spacial score (nSPS) is 16.6. The summed E-state index contributed by atoms with van der Waals surface area (Å²) >= 11 is 0. The Bertz CT molecular complexity index is 1020. The van der Waals surface area contributed by atoms with Crippen LogP contribution >= 0.6 is 0 Å². The Morgan fingerprint density at radius 2 is 1.83 bits per heavy atom. The van der Waals surface area contributed by atoms with Crippen molar-refractivity contribution in [3.8, 4) is 17.0 Å². The Morgan fingerprint density at radius 1 is 1.07 bits per heavy atom. The maximum Gasteiger partial charge on any atom is 0.241 e. The molecule has 0 saturated heterocycles. The van der Waals surface area contributed by atoms with E-state index in [0.717, 1.165) is 35.4 Å². The van der Waals surface area contributed by atoms with E-state index in [2.05, 4.69) is 34.7 Å². The van der Waals surface area contributed by atoms with Crippen LogP contribution in [0.5, 0.6) is 5.75 Å². The summed E-state index contributed by atoms with van der Waals surface area (Å²) in [4.78, 5) is 12.8. The van der Waals surface area contributed by atoms with Gasteiger partial charge in [0, 0.05) is 23.1 Å². The third-order valence-corrected chi connectivity index (χ3v) is 6.30. The Morgan fingerprint density at radius 3 is 2.66 bits per heavy atom. The molecular formula is C24H25N3O2.